The van der Waals surface area contributed by atoms with E-state index in [1.807, 2.05) is 23.8 Å². The van der Waals surface area contributed by atoms with Crippen LogP contribution in [0.5, 0.6) is 0 Å². The van der Waals surface area contributed by atoms with Gasteiger partial charge in [-0.15, -0.1) is 0 Å². The number of carboxylic acids is 1. The fraction of sp³-hybridized carbons (Fsp3) is 0.250. The van der Waals surface area contributed by atoms with Gasteiger partial charge >= 0.3 is 5.97 Å². The molecule has 0 spiro atoms. The number of aryl methyl sites for hydroxylation is 1. The van der Waals surface area contributed by atoms with Crippen molar-refractivity contribution < 1.29 is 9.90 Å². The number of aromatic carboxylic acids is 1. The molecule has 17 heavy (non-hydrogen) atoms. The summed E-state index contributed by atoms with van der Waals surface area (Å²) in [7, 11) is 0. The van der Waals surface area contributed by atoms with Gasteiger partial charge < -0.3 is 9.67 Å². The molecule has 0 saturated carbocycles. The Morgan fingerprint density at radius 3 is 3.00 bits per heavy atom. The summed E-state index contributed by atoms with van der Waals surface area (Å²) in [6.45, 7) is 2.57. The molecule has 88 valence electrons. The van der Waals surface area contributed by atoms with Crippen LogP contribution in [0, 0.1) is 0 Å². The van der Waals surface area contributed by atoms with E-state index >= 15 is 0 Å². The molecular formula is C12H13N3O2. The lowest BCUT2D eigenvalue weighted by molar-refractivity contribution is 0.0690. The van der Waals surface area contributed by atoms with E-state index in [0.717, 1.165) is 17.9 Å². The number of imidazole rings is 1. The van der Waals surface area contributed by atoms with E-state index in [9.17, 15) is 4.79 Å². The Hall–Kier alpha value is -2.17. The first-order chi connectivity index (χ1) is 8.20. The molecule has 5 heteroatoms. The molecule has 2 aromatic heterocycles. The van der Waals surface area contributed by atoms with Gasteiger partial charge in [0.2, 0.25) is 0 Å². The number of hydrogen-bond donors (Lipinski definition) is 1. The van der Waals surface area contributed by atoms with E-state index in [1.165, 1.54) is 6.07 Å². The fourth-order valence-corrected chi connectivity index (χ4v) is 1.66. The summed E-state index contributed by atoms with van der Waals surface area (Å²) < 4.78 is 1.97. The van der Waals surface area contributed by atoms with Gasteiger partial charge in [-0.25, -0.2) is 14.8 Å². The number of nitrogens with zero attached hydrogens (tertiary/aromatic N) is 3. The molecule has 0 unspecified atom stereocenters. The molecule has 0 bridgehead atoms. The summed E-state index contributed by atoms with van der Waals surface area (Å²) >= 11 is 0. The molecule has 0 fully saturated rings. The highest BCUT2D eigenvalue weighted by atomic mass is 16.4. The second kappa shape index (κ2) is 4.78. The zero-order valence-electron chi connectivity index (χ0n) is 9.50. The van der Waals surface area contributed by atoms with Crippen molar-refractivity contribution in [3.63, 3.8) is 0 Å². The summed E-state index contributed by atoms with van der Waals surface area (Å²) in [6, 6.07) is 5.00. The standard InChI is InChI=1S/C12H13N3O2/c1-2-11-13-6-7-15(11)8-9-4-3-5-10(14-9)12(16)17/h3-7H,2,8H2,1H3,(H,16,17). The van der Waals surface area contributed by atoms with Crippen molar-refractivity contribution in [3.05, 3.63) is 47.8 Å². The number of aromatic nitrogens is 3. The molecule has 0 amide bonds. The lowest BCUT2D eigenvalue weighted by Gasteiger charge is -2.06. The molecule has 0 saturated heterocycles. The molecule has 2 heterocycles. The number of carbonyl (C=O) groups is 1. The molecule has 2 aromatic rings. The molecule has 0 aliphatic carbocycles. The molecule has 5 nitrogen and oxygen atoms in total. The Kier molecular flexibility index (Phi) is 3.18. The van der Waals surface area contributed by atoms with Gasteiger partial charge in [0.05, 0.1) is 12.2 Å². The Labute approximate surface area is 98.8 Å². The second-order valence-electron chi connectivity index (χ2n) is 3.64. The minimum absolute atomic E-state index is 0.0701. The Morgan fingerprint density at radius 1 is 1.47 bits per heavy atom. The maximum Gasteiger partial charge on any atom is 0.354 e. The molecule has 0 aliphatic heterocycles. The van der Waals surface area contributed by atoms with Crippen molar-refractivity contribution in [2.75, 3.05) is 0 Å². The Morgan fingerprint density at radius 2 is 2.29 bits per heavy atom. The van der Waals surface area contributed by atoms with Gasteiger partial charge in [0.1, 0.15) is 11.5 Å². The van der Waals surface area contributed by atoms with Crippen LogP contribution in [0.1, 0.15) is 28.9 Å². The van der Waals surface area contributed by atoms with Gasteiger partial charge in [0, 0.05) is 18.8 Å². The summed E-state index contributed by atoms with van der Waals surface area (Å²) in [5.74, 6) is -0.0410. The maximum atomic E-state index is 10.8. The molecular weight excluding hydrogens is 218 g/mol. The topological polar surface area (TPSA) is 68.0 Å². The second-order valence-corrected chi connectivity index (χ2v) is 3.64. The summed E-state index contributed by atoms with van der Waals surface area (Å²) in [6.07, 6.45) is 4.44. The van der Waals surface area contributed by atoms with Crippen LogP contribution in [0.2, 0.25) is 0 Å². The number of carboxylic acid groups (broad SMARTS) is 1. The van der Waals surface area contributed by atoms with Crippen molar-refractivity contribution in [1.82, 2.24) is 14.5 Å². The van der Waals surface area contributed by atoms with E-state index in [2.05, 4.69) is 9.97 Å². The summed E-state index contributed by atoms with van der Waals surface area (Å²) in [5, 5.41) is 8.85. The highest BCUT2D eigenvalue weighted by molar-refractivity contribution is 5.85. The van der Waals surface area contributed by atoms with Crippen molar-refractivity contribution in [2.24, 2.45) is 0 Å². The van der Waals surface area contributed by atoms with Crippen LogP contribution in [0.25, 0.3) is 0 Å². The summed E-state index contributed by atoms with van der Waals surface area (Å²) in [4.78, 5) is 19.1. The molecule has 2 rings (SSSR count). The van der Waals surface area contributed by atoms with E-state index in [-0.39, 0.29) is 5.69 Å². The van der Waals surface area contributed by atoms with Crippen LogP contribution in [-0.4, -0.2) is 25.6 Å². The largest absolute Gasteiger partial charge is 0.477 e. The zero-order chi connectivity index (χ0) is 12.3. The van der Waals surface area contributed by atoms with Crippen LogP contribution in [0.3, 0.4) is 0 Å². The smallest absolute Gasteiger partial charge is 0.354 e. The highest BCUT2D eigenvalue weighted by Gasteiger charge is 2.06. The van der Waals surface area contributed by atoms with Gasteiger partial charge in [-0.05, 0) is 12.1 Å². The predicted molar refractivity (Wildman–Crippen MR) is 61.9 cm³/mol. The number of pyridine rings is 1. The van der Waals surface area contributed by atoms with E-state index < -0.39 is 5.97 Å². The van der Waals surface area contributed by atoms with E-state index in [0.29, 0.717) is 6.54 Å². The number of hydrogen-bond acceptors (Lipinski definition) is 3. The van der Waals surface area contributed by atoms with Crippen molar-refractivity contribution in [2.45, 2.75) is 19.9 Å². The van der Waals surface area contributed by atoms with E-state index in [1.54, 1.807) is 12.3 Å². The molecule has 1 N–H and O–H groups in total. The Bertz CT molecular complexity index is 534. The average molecular weight is 231 g/mol. The first kappa shape index (κ1) is 11.3. The molecule has 0 aromatic carbocycles. The van der Waals surface area contributed by atoms with Crippen LogP contribution in [-0.2, 0) is 13.0 Å². The number of rotatable bonds is 4. The normalized spacial score (nSPS) is 10.4. The average Bonchev–Trinajstić information content (AvgIpc) is 2.76. The van der Waals surface area contributed by atoms with Crippen LogP contribution >= 0.6 is 0 Å². The minimum atomic E-state index is -1.01. The van der Waals surface area contributed by atoms with Gasteiger partial charge in [-0.2, -0.15) is 0 Å². The van der Waals surface area contributed by atoms with Crippen LogP contribution in [0.4, 0.5) is 0 Å². The fourth-order valence-electron chi connectivity index (χ4n) is 1.66. The SMILES string of the molecule is CCc1nccn1Cc1cccc(C(=O)O)n1. The first-order valence-corrected chi connectivity index (χ1v) is 5.40. The van der Waals surface area contributed by atoms with Crippen molar-refractivity contribution in [1.29, 1.82) is 0 Å². The third kappa shape index (κ3) is 2.50. The quantitative estimate of drug-likeness (QED) is 0.867. The lowest BCUT2D eigenvalue weighted by Crippen LogP contribution is -2.08. The minimum Gasteiger partial charge on any atom is -0.477 e. The van der Waals surface area contributed by atoms with Crippen molar-refractivity contribution >= 4 is 5.97 Å². The highest BCUT2D eigenvalue weighted by Crippen LogP contribution is 2.05. The van der Waals surface area contributed by atoms with Crippen LogP contribution in [0.15, 0.2) is 30.6 Å². The van der Waals surface area contributed by atoms with Gasteiger partial charge in [0.15, 0.2) is 0 Å². The third-order valence-corrected chi connectivity index (χ3v) is 2.48. The predicted octanol–water partition coefficient (Wildman–Crippen LogP) is 1.59. The van der Waals surface area contributed by atoms with E-state index in [4.69, 9.17) is 5.11 Å². The monoisotopic (exact) mass is 231 g/mol. The molecule has 0 aliphatic rings. The maximum absolute atomic E-state index is 10.8. The van der Waals surface area contributed by atoms with Crippen LogP contribution < -0.4 is 0 Å². The van der Waals surface area contributed by atoms with Gasteiger partial charge in [0.25, 0.3) is 0 Å². The lowest BCUT2D eigenvalue weighted by atomic mass is 10.3. The summed E-state index contributed by atoms with van der Waals surface area (Å²) in [5.41, 5.74) is 0.790. The van der Waals surface area contributed by atoms with Gasteiger partial charge in [-0.1, -0.05) is 13.0 Å². The molecule has 0 atom stereocenters. The molecule has 0 radical (unpaired) electrons. The first-order valence-electron chi connectivity index (χ1n) is 5.40. The Balaban J connectivity index is 2.24. The third-order valence-electron chi connectivity index (χ3n) is 2.48. The van der Waals surface area contributed by atoms with Crippen molar-refractivity contribution in [3.8, 4) is 0 Å². The van der Waals surface area contributed by atoms with Gasteiger partial charge in [-0.3, -0.25) is 0 Å². The zero-order valence-corrected chi connectivity index (χ0v) is 9.50.